The molecule has 0 fully saturated rings. The van der Waals surface area contributed by atoms with Gasteiger partial charge in [-0.15, -0.1) is 0 Å². The van der Waals surface area contributed by atoms with Gasteiger partial charge in [0, 0.05) is 26.4 Å². The molecule has 0 heterocycles. The lowest BCUT2D eigenvalue weighted by atomic mass is 10.2. The zero-order valence-corrected chi connectivity index (χ0v) is 29.7. The van der Waals surface area contributed by atoms with Crippen LogP contribution in [-0.2, 0) is 31.4 Å². The van der Waals surface area contributed by atoms with Gasteiger partial charge in [0.2, 0.25) is 0 Å². The first kappa shape index (κ1) is 46.4. The third-order valence-corrected chi connectivity index (χ3v) is 9.62. The van der Waals surface area contributed by atoms with Crippen LogP contribution in [0.4, 0.5) is 37.7 Å². The minimum Gasteiger partial charge on any atom is -0.478 e. The van der Waals surface area contributed by atoms with Crippen LogP contribution in [0.3, 0.4) is 0 Å². The highest BCUT2D eigenvalue weighted by atomic mass is 35.7. The fourth-order valence-electron chi connectivity index (χ4n) is 3.48. The number of halogens is 11. The summed E-state index contributed by atoms with van der Waals surface area (Å²) in [6.07, 6.45) is -9.57. The average molecular weight is 881 g/mol. The molecule has 0 aromatic heterocycles. The van der Waals surface area contributed by atoms with Gasteiger partial charge in [0.1, 0.15) is 0 Å². The van der Waals surface area contributed by atoms with Crippen LogP contribution in [0.5, 0.6) is 0 Å². The van der Waals surface area contributed by atoms with E-state index < -0.39 is 79.9 Å². The van der Waals surface area contributed by atoms with Crippen molar-refractivity contribution in [3.05, 3.63) is 115 Å². The number of carbonyl (C=O) groups is 2. The fraction of sp³-hybridized carbons (Fsp3) is 0.103. The van der Waals surface area contributed by atoms with Gasteiger partial charge in [0.05, 0.1) is 47.8 Å². The molecule has 52 heavy (non-hydrogen) atoms. The van der Waals surface area contributed by atoms with E-state index in [4.69, 9.17) is 73.0 Å². The summed E-state index contributed by atoms with van der Waals surface area (Å²) < 4.78 is 124. The van der Waals surface area contributed by atoms with Crippen molar-refractivity contribution >= 4 is 99.5 Å². The van der Waals surface area contributed by atoms with E-state index in [1.54, 1.807) is 0 Å². The average Bonchev–Trinajstić information content (AvgIpc) is 2.96. The summed E-state index contributed by atoms with van der Waals surface area (Å²) in [7, 11) is -3.81. The number of anilines is 2. The largest absolute Gasteiger partial charge is 0.478 e. The topological polar surface area (TPSA) is 181 Å². The van der Waals surface area contributed by atoms with Gasteiger partial charge in [-0.3, -0.25) is 4.72 Å². The number of aromatic carboxylic acids is 2. The quantitative estimate of drug-likeness (QED) is 0.0833. The SMILES string of the molecule is C.Nc1cc(Cl)ccc1C(=O)O.O=C(O)c1ccc(Cl)cc1NS(=O)(=O)c1ccc(Cl)c(C(F)(F)F)c1.O=S(=O)(Cl)c1ccc(Cl)c(C(F)(F)F)c1. The van der Waals surface area contributed by atoms with Gasteiger partial charge >= 0.3 is 24.3 Å². The molecular formula is C29H21Cl5F6N2O8S2. The maximum atomic E-state index is 12.9. The third-order valence-electron chi connectivity index (χ3n) is 5.78. The first-order valence-electron chi connectivity index (χ1n) is 12.7. The van der Waals surface area contributed by atoms with Crippen molar-refractivity contribution < 1.29 is 63.0 Å². The Labute approximate surface area is 316 Å². The molecule has 0 radical (unpaired) electrons. The van der Waals surface area contributed by atoms with E-state index in [1.807, 2.05) is 4.72 Å². The van der Waals surface area contributed by atoms with Crippen LogP contribution < -0.4 is 10.5 Å². The second-order valence-corrected chi connectivity index (χ2v) is 15.3. The smallest absolute Gasteiger partial charge is 0.417 e. The molecule has 23 heteroatoms. The molecule has 0 aliphatic carbocycles. The summed E-state index contributed by atoms with van der Waals surface area (Å²) in [5.41, 5.74) is 2.25. The van der Waals surface area contributed by atoms with Crippen molar-refractivity contribution in [2.24, 2.45) is 0 Å². The number of nitrogen functional groups attached to an aromatic ring is 1. The Morgan fingerprint density at radius 2 is 1.04 bits per heavy atom. The molecule has 0 bridgehead atoms. The minimum absolute atomic E-state index is 0. The maximum Gasteiger partial charge on any atom is 0.417 e. The first-order valence-corrected chi connectivity index (χ1v) is 18.0. The van der Waals surface area contributed by atoms with E-state index in [1.165, 1.54) is 24.3 Å². The first-order chi connectivity index (χ1) is 23.1. The maximum absolute atomic E-state index is 12.9. The Morgan fingerprint density at radius 1 is 0.635 bits per heavy atom. The van der Waals surface area contributed by atoms with Gasteiger partial charge in [-0.1, -0.05) is 53.8 Å². The molecule has 0 aliphatic rings. The van der Waals surface area contributed by atoms with Crippen molar-refractivity contribution in [3.8, 4) is 0 Å². The van der Waals surface area contributed by atoms with E-state index in [9.17, 15) is 52.8 Å². The van der Waals surface area contributed by atoms with Crippen molar-refractivity contribution in [2.45, 2.75) is 29.6 Å². The number of nitrogens with two attached hydrogens (primary N) is 1. The summed E-state index contributed by atoms with van der Waals surface area (Å²) in [6.45, 7) is 0. The number of hydrogen-bond donors (Lipinski definition) is 4. The zero-order chi connectivity index (χ0) is 39.3. The zero-order valence-electron chi connectivity index (χ0n) is 24.3. The van der Waals surface area contributed by atoms with Crippen LogP contribution in [0.15, 0.2) is 82.6 Å². The summed E-state index contributed by atoms with van der Waals surface area (Å²) >= 11 is 22.0. The number of alkyl halides is 6. The van der Waals surface area contributed by atoms with Gasteiger partial charge in [-0.2, -0.15) is 26.3 Å². The van der Waals surface area contributed by atoms with E-state index in [0.29, 0.717) is 17.2 Å². The van der Waals surface area contributed by atoms with Crippen molar-refractivity contribution in [1.29, 1.82) is 0 Å². The Bertz CT molecular complexity index is 2190. The molecular weight excluding hydrogens is 860 g/mol. The number of carboxylic acid groups (broad SMARTS) is 2. The number of benzene rings is 4. The molecule has 0 aliphatic heterocycles. The number of carboxylic acids is 2. The lowest BCUT2D eigenvalue weighted by Crippen LogP contribution is -2.17. The number of nitrogens with one attached hydrogen (secondary N) is 1. The summed E-state index contributed by atoms with van der Waals surface area (Å²) in [4.78, 5) is 20.2. The Hall–Kier alpha value is -3.65. The van der Waals surface area contributed by atoms with Crippen molar-refractivity contribution in [1.82, 2.24) is 0 Å². The lowest BCUT2D eigenvalue weighted by Gasteiger charge is -2.14. The summed E-state index contributed by atoms with van der Waals surface area (Å²) in [5.74, 6) is -2.49. The van der Waals surface area contributed by atoms with Crippen LogP contribution in [0.2, 0.25) is 20.1 Å². The van der Waals surface area contributed by atoms with E-state index in [2.05, 4.69) is 0 Å². The van der Waals surface area contributed by atoms with Crippen LogP contribution in [0.1, 0.15) is 39.3 Å². The molecule has 284 valence electrons. The van der Waals surface area contributed by atoms with Gasteiger partial charge < -0.3 is 15.9 Å². The van der Waals surface area contributed by atoms with E-state index in [-0.39, 0.29) is 29.4 Å². The summed E-state index contributed by atoms with van der Waals surface area (Å²) in [5, 5.41) is 16.8. The standard InChI is InChI=1S/C14H8Cl2F3NO4S.C7H3Cl2F3O2S.C7H6ClNO2.CH4/c15-7-1-3-9(13(21)22)12(5-7)20-25(23,24)8-2-4-11(16)10(6-8)14(17,18)19;8-6-2-1-4(15(9,13)14)3-5(6)7(10,11)12;8-4-1-2-5(7(10)11)6(9)3-4;/h1-6,20H,(H,21,22);1-3H;1-3H,9H2,(H,10,11);1H4. The third kappa shape index (κ3) is 13.1. The molecule has 0 atom stereocenters. The predicted octanol–water partition coefficient (Wildman–Crippen LogP) is 10.1. The molecule has 4 aromatic rings. The van der Waals surface area contributed by atoms with Gasteiger partial charge in [0.25, 0.3) is 19.1 Å². The van der Waals surface area contributed by atoms with Crippen LogP contribution >= 0.6 is 57.1 Å². The molecule has 0 unspecified atom stereocenters. The molecule has 0 spiro atoms. The molecule has 10 nitrogen and oxygen atoms in total. The van der Waals surface area contributed by atoms with Crippen molar-refractivity contribution in [2.75, 3.05) is 10.5 Å². The van der Waals surface area contributed by atoms with E-state index in [0.717, 1.165) is 36.4 Å². The Kier molecular flexibility index (Phi) is 16.0. The number of rotatable bonds is 6. The highest BCUT2D eigenvalue weighted by Crippen LogP contribution is 2.37. The van der Waals surface area contributed by atoms with E-state index >= 15 is 0 Å². The van der Waals surface area contributed by atoms with Crippen molar-refractivity contribution in [3.63, 3.8) is 0 Å². The second kappa shape index (κ2) is 17.9. The molecule has 0 saturated heterocycles. The molecule has 4 rings (SSSR count). The molecule has 4 aromatic carbocycles. The predicted molar refractivity (Wildman–Crippen MR) is 185 cm³/mol. The lowest BCUT2D eigenvalue weighted by molar-refractivity contribution is -0.138. The van der Waals surface area contributed by atoms with Crippen LogP contribution in [-0.4, -0.2) is 39.0 Å². The number of sulfonamides is 1. The molecule has 0 amide bonds. The number of hydrogen-bond acceptors (Lipinski definition) is 7. The second-order valence-electron chi connectivity index (χ2n) is 9.35. The molecule has 5 N–H and O–H groups in total. The fourth-order valence-corrected chi connectivity index (χ4v) is 6.16. The highest BCUT2D eigenvalue weighted by Gasteiger charge is 2.35. The summed E-state index contributed by atoms with van der Waals surface area (Å²) in [6, 6.07) is 11.7. The minimum atomic E-state index is -4.86. The van der Waals surface area contributed by atoms with Crippen LogP contribution in [0, 0.1) is 0 Å². The van der Waals surface area contributed by atoms with Crippen LogP contribution in [0.25, 0.3) is 0 Å². The molecule has 0 saturated carbocycles. The highest BCUT2D eigenvalue weighted by molar-refractivity contribution is 8.13. The Balaban J connectivity index is 0.000000426. The van der Waals surface area contributed by atoms with Gasteiger partial charge in [-0.05, 0) is 72.8 Å². The monoisotopic (exact) mass is 878 g/mol. The van der Waals surface area contributed by atoms with Gasteiger partial charge in [0.15, 0.2) is 0 Å². The van der Waals surface area contributed by atoms with Gasteiger partial charge in [-0.25, -0.2) is 26.4 Å². The Morgan fingerprint density at radius 3 is 1.44 bits per heavy atom. The normalized spacial score (nSPS) is 11.5.